The van der Waals surface area contributed by atoms with Crippen LogP contribution in [-0.4, -0.2) is 25.0 Å². The number of para-hydroxylation sites is 1. The van der Waals surface area contributed by atoms with Crippen molar-refractivity contribution in [1.29, 1.82) is 0 Å². The third-order valence-corrected chi connectivity index (χ3v) is 6.35. The third-order valence-electron chi connectivity index (χ3n) is 6.00. The number of allylic oxidation sites excluding steroid dienone is 3. The van der Waals surface area contributed by atoms with Crippen molar-refractivity contribution in [3.63, 3.8) is 0 Å². The number of hydrogen-bond acceptors (Lipinski definition) is 5. The Morgan fingerprint density at radius 3 is 2.48 bits per heavy atom. The molecule has 1 atom stereocenters. The molecule has 5 nitrogen and oxygen atoms in total. The lowest BCUT2D eigenvalue weighted by atomic mass is 9.68. The molecule has 33 heavy (non-hydrogen) atoms. The number of dihydropyridines is 1. The molecule has 2 aromatic carbocycles. The highest BCUT2D eigenvalue weighted by atomic mass is 35.5. The van der Waals surface area contributed by atoms with Gasteiger partial charge in [-0.05, 0) is 42.5 Å². The molecule has 1 heterocycles. The Labute approximate surface area is 199 Å². The highest BCUT2D eigenvalue weighted by Crippen LogP contribution is 2.48. The molecule has 2 aliphatic rings. The molecule has 172 valence electrons. The molecule has 2 aromatic rings. The summed E-state index contributed by atoms with van der Waals surface area (Å²) in [6.07, 6.45) is 1.14. The SMILES string of the molecule is CC1=C(C(=O)OCCOc2ccccc2)[C@H](c2ccccc2Cl)C2=C(CC(C)(C)CC2=O)N1. The van der Waals surface area contributed by atoms with Crippen molar-refractivity contribution in [1.82, 2.24) is 5.32 Å². The number of ketones is 1. The van der Waals surface area contributed by atoms with Crippen LogP contribution in [0.25, 0.3) is 0 Å². The molecule has 6 heteroatoms. The van der Waals surface area contributed by atoms with E-state index in [9.17, 15) is 9.59 Å². The second-order valence-corrected chi connectivity index (χ2v) is 9.66. The molecular weight excluding hydrogens is 438 g/mol. The first-order valence-corrected chi connectivity index (χ1v) is 11.5. The average Bonchev–Trinajstić information content (AvgIpc) is 2.76. The van der Waals surface area contributed by atoms with Gasteiger partial charge in [0.15, 0.2) is 5.78 Å². The van der Waals surface area contributed by atoms with Crippen LogP contribution in [0.5, 0.6) is 5.75 Å². The summed E-state index contributed by atoms with van der Waals surface area (Å²) in [5, 5.41) is 3.85. The lowest BCUT2D eigenvalue weighted by molar-refractivity contribution is -0.140. The number of ether oxygens (including phenoxy) is 2. The van der Waals surface area contributed by atoms with Gasteiger partial charge >= 0.3 is 5.97 Å². The van der Waals surface area contributed by atoms with Crippen LogP contribution in [0.1, 0.15) is 45.1 Å². The Morgan fingerprint density at radius 2 is 1.76 bits per heavy atom. The average molecular weight is 466 g/mol. The summed E-state index contributed by atoms with van der Waals surface area (Å²) < 4.78 is 11.2. The molecule has 0 spiro atoms. The maximum atomic E-state index is 13.3. The predicted octanol–water partition coefficient (Wildman–Crippen LogP) is 5.57. The van der Waals surface area contributed by atoms with Crippen LogP contribution in [0.2, 0.25) is 5.02 Å². The van der Waals surface area contributed by atoms with Crippen LogP contribution in [0.3, 0.4) is 0 Å². The molecule has 1 N–H and O–H groups in total. The summed E-state index contributed by atoms with van der Waals surface area (Å²) in [6, 6.07) is 16.7. The molecular formula is C27H28ClNO4. The van der Waals surface area contributed by atoms with Gasteiger partial charge < -0.3 is 14.8 Å². The zero-order valence-electron chi connectivity index (χ0n) is 19.1. The molecule has 0 saturated carbocycles. The van der Waals surface area contributed by atoms with Gasteiger partial charge in [-0.2, -0.15) is 0 Å². The lowest BCUT2D eigenvalue weighted by Crippen LogP contribution is -2.38. The fraction of sp³-hybridized carbons (Fsp3) is 0.333. The highest BCUT2D eigenvalue weighted by Gasteiger charge is 2.43. The van der Waals surface area contributed by atoms with Gasteiger partial charge in [0.25, 0.3) is 0 Å². The van der Waals surface area contributed by atoms with Crippen molar-refractivity contribution in [3.05, 3.63) is 87.7 Å². The van der Waals surface area contributed by atoms with Gasteiger partial charge in [-0.15, -0.1) is 0 Å². The first kappa shape index (κ1) is 23.1. The number of halogens is 1. The van der Waals surface area contributed by atoms with Crippen LogP contribution in [0, 0.1) is 5.41 Å². The zero-order valence-corrected chi connectivity index (χ0v) is 19.9. The largest absolute Gasteiger partial charge is 0.490 e. The summed E-state index contributed by atoms with van der Waals surface area (Å²) in [5.41, 5.74) is 3.14. The fourth-order valence-corrected chi connectivity index (χ4v) is 4.86. The molecule has 0 aromatic heterocycles. The standard InChI is InChI=1S/C27H28ClNO4/c1-17-23(26(31)33-14-13-32-18-9-5-4-6-10-18)24(19-11-7-8-12-20(19)28)25-21(29-17)15-27(2,3)16-22(25)30/h4-12,24,29H,13-16H2,1-3H3/t24-/m0/s1. The van der Waals surface area contributed by atoms with Gasteiger partial charge in [0.2, 0.25) is 0 Å². The van der Waals surface area contributed by atoms with Crippen LogP contribution in [0.4, 0.5) is 0 Å². The van der Waals surface area contributed by atoms with Crippen molar-refractivity contribution in [2.75, 3.05) is 13.2 Å². The minimum Gasteiger partial charge on any atom is -0.490 e. The molecule has 0 bridgehead atoms. The van der Waals surface area contributed by atoms with E-state index in [2.05, 4.69) is 19.2 Å². The highest BCUT2D eigenvalue weighted by molar-refractivity contribution is 6.31. The Morgan fingerprint density at radius 1 is 1.06 bits per heavy atom. The summed E-state index contributed by atoms with van der Waals surface area (Å²) >= 11 is 6.56. The molecule has 1 aliphatic carbocycles. The van der Waals surface area contributed by atoms with E-state index in [0.29, 0.717) is 34.0 Å². The number of Topliss-reactive ketones (excluding diaryl/α,β-unsaturated/α-hetero) is 1. The number of benzene rings is 2. The maximum Gasteiger partial charge on any atom is 0.336 e. The molecule has 1 aliphatic heterocycles. The van der Waals surface area contributed by atoms with Crippen molar-refractivity contribution < 1.29 is 19.1 Å². The molecule has 0 radical (unpaired) electrons. The molecule has 0 unspecified atom stereocenters. The minimum atomic E-state index is -0.568. The van der Waals surface area contributed by atoms with E-state index in [0.717, 1.165) is 17.7 Å². The van der Waals surface area contributed by atoms with Gasteiger partial charge in [0.1, 0.15) is 19.0 Å². The second kappa shape index (κ2) is 9.44. The van der Waals surface area contributed by atoms with E-state index in [1.807, 2.05) is 55.5 Å². The van der Waals surface area contributed by atoms with E-state index >= 15 is 0 Å². The summed E-state index contributed by atoms with van der Waals surface area (Å²) in [6.45, 7) is 6.32. The van der Waals surface area contributed by atoms with Crippen molar-refractivity contribution in [3.8, 4) is 5.75 Å². The number of rotatable bonds is 6. The number of hydrogen-bond donors (Lipinski definition) is 1. The molecule has 0 amide bonds. The Kier molecular flexibility index (Phi) is 6.61. The first-order chi connectivity index (χ1) is 15.8. The number of carbonyl (C=O) groups is 2. The van der Waals surface area contributed by atoms with Gasteiger partial charge in [0.05, 0.1) is 5.57 Å². The second-order valence-electron chi connectivity index (χ2n) is 9.25. The number of esters is 1. The smallest absolute Gasteiger partial charge is 0.336 e. The van der Waals surface area contributed by atoms with Crippen molar-refractivity contribution in [2.24, 2.45) is 5.41 Å². The normalized spacial score (nSPS) is 19.6. The molecule has 4 rings (SSSR count). The van der Waals surface area contributed by atoms with Crippen LogP contribution >= 0.6 is 11.6 Å². The van der Waals surface area contributed by atoms with Crippen LogP contribution in [-0.2, 0) is 14.3 Å². The minimum absolute atomic E-state index is 0.0314. The Balaban J connectivity index is 1.61. The molecule has 0 saturated heterocycles. The number of nitrogens with one attached hydrogen (secondary N) is 1. The van der Waals surface area contributed by atoms with E-state index in [1.165, 1.54) is 0 Å². The Hall–Kier alpha value is -3.05. The van der Waals surface area contributed by atoms with E-state index in [1.54, 1.807) is 6.07 Å². The quantitative estimate of drug-likeness (QED) is 0.446. The first-order valence-electron chi connectivity index (χ1n) is 11.1. The summed E-state index contributed by atoms with van der Waals surface area (Å²) in [5.74, 6) is -0.307. The molecule has 0 fully saturated rings. The van der Waals surface area contributed by atoms with Gasteiger partial charge in [-0.25, -0.2) is 4.79 Å². The van der Waals surface area contributed by atoms with Gasteiger partial charge in [0, 0.05) is 34.3 Å². The fourth-order valence-electron chi connectivity index (χ4n) is 4.62. The van der Waals surface area contributed by atoms with E-state index in [4.69, 9.17) is 21.1 Å². The summed E-state index contributed by atoms with van der Waals surface area (Å²) in [4.78, 5) is 26.6. The van der Waals surface area contributed by atoms with Gasteiger partial charge in [-0.3, -0.25) is 4.79 Å². The maximum absolute atomic E-state index is 13.3. The van der Waals surface area contributed by atoms with Crippen LogP contribution < -0.4 is 10.1 Å². The van der Waals surface area contributed by atoms with E-state index < -0.39 is 11.9 Å². The van der Waals surface area contributed by atoms with Gasteiger partial charge in [-0.1, -0.05) is 61.8 Å². The van der Waals surface area contributed by atoms with Crippen molar-refractivity contribution >= 4 is 23.4 Å². The lowest BCUT2D eigenvalue weighted by Gasteiger charge is -2.39. The zero-order chi connectivity index (χ0) is 23.6. The van der Waals surface area contributed by atoms with E-state index in [-0.39, 0.29) is 24.4 Å². The topological polar surface area (TPSA) is 64.6 Å². The third kappa shape index (κ3) is 4.98. The summed E-state index contributed by atoms with van der Waals surface area (Å²) in [7, 11) is 0. The van der Waals surface area contributed by atoms with Crippen molar-refractivity contribution in [2.45, 2.75) is 39.5 Å². The Bertz CT molecular complexity index is 1130. The predicted molar refractivity (Wildman–Crippen MR) is 128 cm³/mol. The monoisotopic (exact) mass is 465 g/mol. The number of carbonyl (C=O) groups excluding carboxylic acids is 2. The van der Waals surface area contributed by atoms with Crippen LogP contribution in [0.15, 0.2) is 77.1 Å².